The molecule has 302 valence electrons. The molecule has 3 rings (SSSR count). The maximum atomic E-state index is 14.6. The largest absolute Gasteiger partial charge is 0.871 e. The van der Waals surface area contributed by atoms with Gasteiger partial charge >= 0.3 is 0 Å². The summed E-state index contributed by atoms with van der Waals surface area (Å²) in [5, 5.41) is 22.1. The Bertz CT molecular complexity index is 1610. The second kappa shape index (κ2) is 21.3. The molecule has 0 saturated carbocycles. The second-order valence-electron chi connectivity index (χ2n) is 10.9. The molecule has 0 fully saturated rings. The van der Waals surface area contributed by atoms with Crippen LogP contribution in [0.5, 0.6) is 0 Å². The molecule has 0 aliphatic carbocycles. The first-order chi connectivity index (χ1) is 25.1. The highest BCUT2D eigenvalue weighted by Crippen LogP contribution is 2.40. The molecule has 0 radical (unpaired) electrons. The number of hydrogen-bond acceptors (Lipinski definition) is 3. The summed E-state index contributed by atoms with van der Waals surface area (Å²) in [6, 6.07) is 0. The van der Waals surface area contributed by atoms with Crippen LogP contribution >= 0.6 is 0 Å². The lowest BCUT2D eigenvalue weighted by molar-refractivity contribution is -0.894. The van der Waals surface area contributed by atoms with Gasteiger partial charge in [0.25, 0.3) is 0 Å². The van der Waals surface area contributed by atoms with Gasteiger partial charge in [-0.2, -0.15) is 0 Å². The Hall–Kier alpha value is -3.79. The molecule has 21 heteroatoms. The summed E-state index contributed by atoms with van der Waals surface area (Å²) in [7, 11) is -3.87. The molecular weight excluding hydrogens is 768 g/mol. The maximum absolute atomic E-state index is 14.6. The predicted octanol–water partition coefficient (Wildman–Crippen LogP) is 4.53. The Kier molecular flexibility index (Phi) is 19.1. The lowest BCUT2D eigenvalue weighted by atomic mass is 9.91. The summed E-state index contributed by atoms with van der Waals surface area (Å²) in [5.41, 5.74) is -10.1. The third-order valence-electron chi connectivity index (χ3n) is 8.06. The van der Waals surface area contributed by atoms with Crippen molar-refractivity contribution in [3.8, 4) is 0 Å². The third-order valence-corrected chi connectivity index (χ3v) is 8.06. The number of halogens is 15. The van der Waals surface area contributed by atoms with E-state index < -0.39 is 129 Å². The average molecular weight is 802 g/mol. The molecule has 1 unspecified atom stereocenters. The Balaban J connectivity index is 0.000000879. The van der Waals surface area contributed by atoms with Crippen LogP contribution in [0.25, 0.3) is 5.57 Å². The molecule has 0 aliphatic rings. The summed E-state index contributed by atoms with van der Waals surface area (Å²) >= 11 is 0. The number of rotatable bonds is 12. The van der Waals surface area contributed by atoms with Gasteiger partial charge in [-0.15, -0.1) is 0 Å². The quantitative estimate of drug-likeness (QED) is 0.123. The van der Waals surface area contributed by atoms with Crippen molar-refractivity contribution in [2.75, 3.05) is 39.3 Å². The number of hydrogen-bond donors (Lipinski definition) is 2. The van der Waals surface area contributed by atoms with Crippen LogP contribution in [-0.2, 0) is 4.65 Å². The van der Waals surface area contributed by atoms with Gasteiger partial charge in [0.15, 0.2) is 69.8 Å². The first kappa shape index (κ1) is 48.2. The van der Waals surface area contributed by atoms with Crippen molar-refractivity contribution in [3.05, 3.63) is 110 Å². The molecular formula is C33H34BF15N2O3. The van der Waals surface area contributed by atoms with Crippen LogP contribution in [0.2, 0.25) is 0 Å². The van der Waals surface area contributed by atoms with E-state index in [0.29, 0.717) is 0 Å². The molecule has 3 aromatic carbocycles. The molecule has 2 N–H and O–H groups in total. The van der Waals surface area contributed by atoms with E-state index in [1.54, 1.807) is 9.80 Å². The van der Waals surface area contributed by atoms with E-state index >= 15 is 0 Å². The number of quaternary nitrogens is 2. The molecule has 3 aromatic rings. The van der Waals surface area contributed by atoms with Crippen LogP contribution in [0, 0.1) is 87.3 Å². The standard InChI is InChI=1S/C21H2BF15O3.2C6H15N/c23-7-4(8(24)14(30)19(35)13(7)29)2(5-9(25)15(31)20(36)16(32)10(5)26)1-3(40-22(38)39)6-11(27)17(33)21(37)18(34)12(6)28;2*1-4-7(5-2)6-3/h1,3H;2*4-6H2,1-3H3/q-2;;/p+2. The number of nitrogens with one attached hydrogen (secondary N) is 2. The zero-order chi connectivity index (χ0) is 41.9. The lowest BCUT2D eigenvalue weighted by Gasteiger charge is -2.32. The van der Waals surface area contributed by atoms with Crippen LogP contribution in [0.3, 0.4) is 0 Å². The van der Waals surface area contributed by atoms with E-state index in [2.05, 4.69) is 46.2 Å². The molecule has 0 spiro atoms. The summed E-state index contributed by atoms with van der Waals surface area (Å²) in [6.45, 7) is 21.0. The summed E-state index contributed by atoms with van der Waals surface area (Å²) in [5.74, 6) is -44.4. The molecule has 0 aromatic heterocycles. The molecule has 0 aliphatic heterocycles. The van der Waals surface area contributed by atoms with Crippen LogP contribution in [0.4, 0.5) is 65.9 Å². The van der Waals surface area contributed by atoms with Gasteiger partial charge < -0.3 is 24.5 Å². The minimum absolute atomic E-state index is 0.738. The number of benzene rings is 3. The van der Waals surface area contributed by atoms with Gasteiger partial charge in [0.05, 0.1) is 69.4 Å². The van der Waals surface area contributed by atoms with Crippen LogP contribution in [0.1, 0.15) is 64.3 Å². The summed E-state index contributed by atoms with van der Waals surface area (Å²) in [4.78, 5) is 3.36. The SMILES string of the molecule is CC[NH+](CC)CC.CC[NH+](CC)CC.[O-]B([O-])OC(C=C(c1c(F)c(F)c(F)c(F)c1F)c1c(F)c(F)c(F)c(F)c1F)c1c(F)c(F)c(F)c(F)c1F. The van der Waals surface area contributed by atoms with E-state index in [1.165, 1.54) is 39.3 Å². The minimum atomic E-state index is -3.87. The van der Waals surface area contributed by atoms with E-state index in [4.69, 9.17) is 0 Å². The van der Waals surface area contributed by atoms with Crippen LogP contribution in [0.15, 0.2) is 6.08 Å². The highest BCUT2D eigenvalue weighted by atomic mass is 19.2. The van der Waals surface area contributed by atoms with E-state index in [-0.39, 0.29) is 0 Å². The third kappa shape index (κ3) is 10.7. The van der Waals surface area contributed by atoms with Crippen molar-refractivity contribution < 1.29 is 90.4 Å². The molecule has 5 nitrogen and oxygen atoms in total. The van der Waals surface area contributed by atoms with Gasteiger partial charge in [0.1, 0.15) is 0 Å². The molecule has 0 saturated heterocycles. The molecule has 0 heterocycles. The van der Waals surface area contributed by atoms with E-state index in [0.717, 1.165) is 0 Å². The lowest BCUT2D eigenvalue weighted by Crippen LogP contribution is -3.11. The highest BCUT2D eigenvalue weighted by molar-refractivity contribution is 6.28. The fourth-order valence-corrected chi connectivity index (χ4v) is 4.81. The van der Waals surface area contributed by atoms with Crippen molar-refractivity contribution in [1.82, 2.24) is 0 Å². The molecule has 0 amide bonds. The smallest absolute Gasteiger partial charge is 0.200 e. The Morgan fingerprint density at radius 3 is 0.870 bits per heavy atom. The maximum Gasteiger partial charge on any atom is 0.200 e. The van der Waals surface area contributed by atoms with Crippen molar-refractivity contribution in [1.29, 1.82) is 0 Å². The van der Waals surface area contributed by atoms with Crippen molar-refractivity contribution in [3.63, 3.8) is 0 Å². The first-order valence-electron chi connectivity index (χ1n) is 16.1. The monoisotopic (exact) mass is 802 g/mol. The van der Waals surface area contributed by atoms with E-state index in [1.807, 2.05) is 0 Å². The van der Waals surface area contributed by atoms with Gasteiger partial charge in [0.2, 0.25) is 17.5 Å². The molecule has 0 bridgehead atoms. The molecule has 1 atom stereocenters. The van der Waals surface area contributed by atoms with Gasteiger partial charge in [-0.1, -0.05) is 0 Å². The minimum Gasteiger partial charge on any atom is -0.871 e. The zero-order valence-corrected chi connectivity index (χ0v) is 29.4. The normalized spacial score (nSPS) is 11.6. The first-order valence-corrected chi connectivity index (χ1v) is 16.1. The van der Waals surface area contributed by atoms with Gasteiger partial charge in [-0.05, 0) is 53.2 Å². The highest BCUT2D eigenvalue weighted by Gasteiger charge is 2.36. The molecule has 54 heavy (non-hydrogen) atoms. The van der Waals surface area contributed by atoms with Gasteiger partial charge in [0, 0.05) is 0 Å². The summed E-state index contributed by atoms with van der Waals surface area (Å²) < 4.78 is 214. The Morgan fingerprint density at radius 2 is 0.667 bits per heavy atom. The van der Waals surface area contributed by atoms with Crippen molar-refractivity contribution >= 4 is 12.9 Å². The fraction of sp³-hybridized carbons (Fsp3) is 0.394. The Morgan fingerprint density at radius 1 is 0.444 bits per heavy atom. The van der Waals surface area contributed by atoms with Crippen LogP contribution < -0.4 is 19.8 Å². The van der Waals surface area contributed by atoms with Crippen LogP contribution in [-0.4, -0.2) is 46.6 Å². The average Bonchev–Trinajstić information content (AvgIpc) is 3.14. The topological polar surface area (TPSA) is 64.2 Å². The summed E-state index contributed by atoms with van der Waals surface area (Å²) in [6.07, 6.45) is -4.26. The van der Waals surface area contributed by atoms with Crippen molar-refractivity contribution in [2.24, 2.45) is 0 Å². The second-order valence-corrected chi connectivity index (χ2v) is 10.9. The predicted molar refractivity (Wildman–Crippen MR) is 161 cm³/mol. The van der Waals surface area contributed by atoms with Gasteiger partial charge in [-0.25, -0.2) is 65.9 Å². The fourth-order valence-electron chi connectivity index (χ4n) is 4.81. The van der Waals surface area contributed by atoms with Crippen molar-refractivity contribution in [2.45, 2.75) is 47.6 Å². The zero-order valence-electron chi connectivity index (χ0n) is 29.4. The Labute approximate surface area is 300 Å². The van der Waals surface area contributed by atoms with E-state index in [9.17, 15) is 75.9 Å². The van der Waals surface area contributed by atoms with Gasteiger partial charge in [-0.3, -0.25) is 0 Å².